The first kappa shape index (κ1) is 15.0. The number of hydrogen-bond donors (Lipinski definition) is 1. The molecule has 0 saturated heterocycles. The second-order valence-electron chi connectivity index (χ2n) is 5.62. The lowest BCUT2D eigenvalue weighted by Gasteiger charge is -2.03. The van der Waals surface area contributed by atoms with E-state index in [2.05, 4.69) is 10.5 Å². The molecule has 0 atom stereocenters. The molecule has 23 heavy (non-hydrogen) atoms. The molecule has 0 aliphatic heterocycles. The number of hydrogen-bond acceptors (Lipinski definition) is 3. The average molecular weight is 306 g/mol. The van der Waals surface area contributed by atoms with Crippen molar-refractivity contribution in [1.82, 2.24) is 10.5 Å². The Morgan fingerprint density at radius 3 is 2.52 bits per heavy atom. The SMILES string of the molecule is Cc1cccc(CNC(=O)c2cc(-c3cccc(C)c3)on2)c1. The van der Waals surface area contributed by atoms with Crippen LogP contribution < -0.4 is 5.32 Å². The number of benzene rings is 2. The van der Waals surface area contributed by atoms with Gasteiger partial charge in [-0.3, -0.25) is 4.79 Å². The maximum absolute atomic E-state index is 12.2. The zero-order valence-corrected chi connectivity index (χ0v) is 13.2. The number of aromatic nitrogens is 1. The lowest BCUT2D eigenvalue weighted by Crippen LogP contribution is -2.23. The highest BCUT2D eigenvalue weighted by Crippen LogP contribution is 2.21. The van der Waals surface area contributed by atoms with Crippen LogP contribution in [0.3, 0.4) is 0 Å². The highest BCUT2D eigenvalue weighted by Gasteiger charge is 2.13. The largest absolute Gasteiger partial charge is 0.355 e. The minimum absolute atomic E-state index is 0.242. The first-order valence-electron chi connectivity index (χ1n) is 7.49. The number of carbonyl (C=O) groups excluding carboxylic acids is 1. The lowest BCUT2D eigenvalue weighted by molar-refractivity contribution is 0.0942. The lowest BCUT2D eigenvalue weighted by atomic mass is 10.1. The second-order valence-corrected chi connectivity index (χ2v) is 5.62. The van der Waals surface area contributed by atoms with Gasteiger partial charge in [0.25, 0.3) is 5.91 Å². The van der Waals surface area contributed by atoms with E-state index in [0.29, 0.717) is 12.3 Å². The molecule has 0 saturated carbocycles. The Balaban J connectivity index is 1.69. The van der Waals surface area contributed by atoms with Gasteiger partial charge in [-0.25, -0.2) is 0 Å². The number of nitrogens with one attached hydrogen (secondary N) is 1. The van der Waals surface area contributed by atoms with Crippen molar-refractivity contribution in [2.45, 2.75) is 20.4 Å². The summed E-state index contributed by atoms with van der Waals surface area (Å²) in [4.78, 5) is 12.2. The molecule has 0 aliphatic rings. The molecule has 0 radical (unpaired) electrons. The fourth-order valence-electron chi connectivity index (χ4n) is 2.41. The first-order valence-corrected chi connectivity index (χ1v) is 7.49. The third-order valence-electron chi connectivity index (χ3n) is 3.58. The standard InChI is InChI=1S/C19H18N2O2/c1-13-5-3-7-15(9-13)12-20-19(22)17-11-18(23-21-17)16-8-4-6-14(2)10-16/h3-11H,12H2,1-2H3,(H,20,22). The Morgan fingerprint density at radius 2 is 1.78 bits per heavy atom. The molecule has 3 rings (SSSR count). The van der Waals surface area contributed by atoms with Crippen LogP contribution in [0, 0.1) is 13.8 Å². The highest BCUT2D eigenvalue weighted by molar-refractivity contribution is 5.93. The van der Waals surface area contributed by atoms with Crippen LogP contribution in [0.5, 0.6) is 0 Å². The molecule has 3 aromatic rings. The summed E-state index contributed by atoms with van der Waals surface area (Å²) in [5.74, 6) is 0.351. The minimum atomic E-state index is -0.242. The second kappa shape index (κ2) is 6.48. The summed E-state index contributed by atoms with van der Waals surface area (Å²) in [7, 11) is 0. The molecule has 0 fully saturated rings. The van der Waals surface area contributed by atoms with Gasteiger partial charge in [-0.1, -0.05) is 58.7 Å². The number of amides is 1. The molecule has 0 unspecified atom stereocenters. The van der Waals surface area contributed by atoms with Gasteiger partial charge in [0.15, 0.2) is 11.5 Å². The van der Waals surface area contributed by atoms with Crippen LogP contribution in [-0.2, 0) is 6.54 Å². The molecule has 0 aliphatic carbocycles. The summed E-state index contributed by atoms with van der Waals surface area (Å²) in [5.41, 5.74) is 4.55. The van der Waals surface area contributed by atoms with Crippen LogP contribution in [0.4, 0.5) is 0 Å². The molecule has 1 amide bonds. The topological polar surface area (TPSA) is 55.1 Å². The normalized spacial score (nSPS) is 10.5. The average Bonchev–Trinajstić information content (AvgIpc) is 3.03. The van der Waals surface area contributed by atoms with Crippen LogP contribution >= 0.6 is 0 Å². The van der Waals surface area contributed by atoms with Crippen molar-refractivity contribution in [2.24, 2.45) is 0 Å². The molecule has 4 nitrogen and oxygen atoms in total. The van der Waals surface area contributed by atoms with Gasteiger partial charge in [-0.05, 0) is 25.5 Å². The fraction of sp³-hybridized carbons (Fsp3) is 0.158. The monoisotopic (exact) mass is 306 g/mol. The third kappa shape index (κ3) is 3.66. The van der Waals surface area contributed by atoms with Crippen molar-refractivity contribution in [3.8, 4) is 11.3 Å². The van der Waals surface area contributed by atoms with Gasteiger partial charge < -0.3 is 9.84 Å². The highest BCUT2D eigenvalue weighted by atomic mass is 16.5. The Morgan fingerprint density at radius 1 is 1.04 bits per heavy atom. The van der Waals surface area contributed by atoms with E-state index < -0.39 is 0 Å². The first-order chi connectivity index (χ1) is 11.1. The van der Waals surface area contributed by atoms with Crippen molar-refractivity contribution in [3.05, 3.63) is 77.0 Å². The van der Waals surface area contributed by atoms with E-state index in [0.717, 1.165) is 16.7 Å². The van der Waals surface area contributed by atoms with E-state index in [4.69, 9.17) is 4.52 Å². The molecule has 4 heteroatoms. The van der Waals surface area contributed by atoms with Crippen LogP contribution in [-0.4, -0.2) is 11.1 Å². The van der Waals surface area contributed by atoms with Crippen molar-refractivity contribution >= 4 is 5.91 Å². The number of carbonyl (C=O) groups is 1. The van der Waals surface area contributed by atoms with Gasteiger partial charge in [0.05, 0.1) is 0 Å². The van der Waals surface area contributed by atoms with E-state index in [1.54, 1.807) is 6.07 Å². The van der Waals surface area contributed by atoms with E-state index in [9.17, 15) is 4.79 Å². The summed E-state index contributed by atoms with van der Waals surface area (Å²) in [5, 5.41) is 6.72. The number of rotatable bonds is 4. The van der Waals surface area contributed by atoms with Crippen LogP contribution in [0.15, 0.2) is 59.1 Å². The third-order valence-corrected chi connectivity index (χ3v) is 3.58. The molecule has 2 aromatic carbocycles. The van der Waals surface area contributed by atoms with Gasteiger partial charge in [-0.15, -0.1) is 0 Å². The molecule has 1 N–H and O–H groups in total. The summed E-state index contributed by atoms with van der Waals surface area (Å²) in [6.07, 6.45) is 0. The van der Waals surface area contributed by atoms with Gasteiger partial charge in [0.2, 0.25) is 0 Å². The molecule has 1 heterocycles. The van der Waals surface area contributed by atoms with E-state index in [-0.39, 0.29) is 11.6 Å². The number of aryl methyl sites for hydroxylation is 2. The predicted octanol–water partition coefficient (Wildman–Crippen LogP) is 3.89. The van der Waals surface area contributed by atoms with E-state index >= 15 is 0 Å². The van der Waals surface area contributed by atoms with Gasteiger partial charge >= 0.3 is 0 Å². The Kier molecular flexibility index (Phi) is 4.24. The Labute approximate surface area is 135 Å². The Hall–Kier alpha value is -2.88. The van der Waals surface area contributed by atoms with Gasteiger partial charge in [-0.2, -0.15) is 0 Å². The summed E-state index contributed by atoms with van der Waals surface area (Å²) in [6, 6.07) is 17.6. The van der Waals surface area contributed by atoms with E-state index in [1.807, 2.05) is 62.4 Å². The van der Waals surface area contributed by atoms with Crippen molar-refractivity contribution < 1.29 is 9.32 Å². The Bertz CT molecular complexity index is 837. The van der Waals surface area contributed by atoms with Crippen LogP contribution in [0.1, 0.15) is 27.2 Å². The molecular formula is C19H18N2O2. The van der Waals surface area contributed by atoms with Crippen molar-refractivity contribution in [1.29, 1.82) is 0 Å². The fourth-order valence-corrected chi connectivity index (χ4v) is 2.41. The summed E-state index contributed by atoms with van der Waals surface area (Å²) < 4.78 is 5.29. The summed E-state index contributed by atoms with van der Waals surface area (Å²) in [6.45, 7) is 4.50. The van der Waals surface area contributed by atoms with Crippen LogP contribution in [0.25, 0.3) is 11.3 Å². The zero-order chi connectivity index (χ0) is 16.2. The molecule has 0 bridgehead atoms. The molecule has 1 aromatic heterocycles. The smallest absolute Gasteiger partial charge is 0.273 e. The molecule has 0 spiro atoms. The molecule has 116 valence electrons. The maximum Gasteiger partial charge on any atom is 0.273 e. The minimum Gasteiger partial charge on any atom is -0.355 e. The van der Waals surface area contributed by atoms with E-state index in [1.165, 1.54) is 5.56 Å². The van der Waals surface area contributed by atoms with Crippen molar-refractivity contribution in [2.75, 3.05) is 0 Å². The van der Waals surface area contributed by atoms with Gasteiger partial charge in [0.1, 0.15) is 0 Å². The number of nitrogens with zero attached hydrogens (tertiary/aromatic N) is 1. The van der Waals surface area contributed by atoms with Gasteiger partial charge in [0, 0.05) is 18.2 Å². The zero-order valence-electron chi connectivity index (χ0n) is 13.2. The van der Waals surface area contributed by atoms with Crippen molar-refractivity contribution in [3.63, 3.8) is 0 Å². The quantitative estimate of drug-likeness (QED) is 0.795. The summed E-state index contributed by atoms with van der Waals surface area (Å²) >= 11 is 0. The predicted molar refractivity (Wildman–Crippen MR) is 89.0 cm³/mol. The maximum atomic E-state index is 12.2. The van der Waals surface area contributed by atoms with Crippen LogP contribution in [0.2, 0.25) is 0 Å². The molecular weight excluding hydrogens is 288 g/mol.